The fraction of sp³-hybridized carbons (Fsp3) is 0.355. The smallest absolute Gasteiger partial charge is 0.243 e. The Labute approximate surface area is 248 Å². The third-order valence-electron chi connectivity index (χ3n) is 6.59. The van der Waals surface area contributed by atoms with Crippen LogP contribution in [0.25, 0.3) is 0 Å². The predicted octanol–water partition coefficient (Wildman–Crippen LogP) is 5.06. The van der Waals surface area contributed by atoms with Crippen LogP contribution in [0.1, 0.15) is 37.3 Å². The number of rotatable bonds is 15. The second-order valence-electron chi connectivity index (χ2n) is 9.76. The third kappa shape index (κ3) is 9.50. The second-order valence-corrected chi connectivity index (χ2v) is 12.1. The van der Waals surface area contributed by atoms with Crippen LogP contribution in [0, 0.1) is 0 Å². The van der Waals surface area contributed by atoms with Crippen molar-refractivity contribution in [2.45, 2.75) is 45.2 Å². The first-order valence-corrected chi connectivity index (χ1v) is 15.8. The van der Waals surface area contributed by atoms with Crippen molar-refractivity contribution in [3.8, 4) is 5.75 Å². The molecule has 0 aliphatic carbocycles. The average Bonchev–Trinajstić information content (AvgIpc) is 2.96. The SMILES string of the molecule is CCCNC(=O)C(Cc1ccccc1)N(Cc1ccccc1)C(=O)CCCN(c1ccc(OC)c(Cl)c1)S(C)(=O)=O. The van der Waals surface area contributed by atoms with Gasteiger partial charge in [0.05, 0.1) is 24.1 Å². The van der Waals surface area contributed by atoms with Gasteiger partial charge in [0.1, 0.15) is 11.8 Å². The standard InChI is InChI=1S/C31H38ClN3O5S/c1-4-19-33-31(37)28(21-24-12-7-5-8-13-24)34(23-25-14-9-6-10-15-25)30(36)16-11-20-35(41(3,38)39)26-17-18-29(40-2)27(32)22-26/h5-10,12-15,17-18,22,28H,4,11,16,19-21,23H2,1-3H3,(H,33,37). The van der Waals surface area contributed by atoms with Gasteiger partial charge < -0.3 is 15.0 Å². The van der Waals surface area contributed by atoms with E-state index in [2.05, 4.69) is 5.32 Å². The van der Waals surface area contributed by atoms with Gasteiger partial charge >= 0.3 is 0 Å². The topological polar surface area (TPSA) is 96.0 Å². The summed E-state index contributed by atoms with van der Waals surface area (Å²) in [6.07, 6.45) is 2.54. The second kappa shape index (κ2) is 15.4. The molecule has 0 aromatic heterocycles. The highest BCUT2D eigenvalue weighted by Crippen LogP contribution is 2.30. The molecule has 0 fully saturated rings. The van der Waals surface area contributed by atoms with Gasteiger partial charge in [-0.15, -0.1) is 0 Å². The zero-order valence-corrected chi connectivity index (χ0v) is 25.3. The Morgan fingerprint density at radius 1 is 0.976 bits per heavy atom. The number of carbonyl (C=O) groups excluding carboxylic acids is 2. The molecule has 10 heteroatoms. The molecule has 3 aromatic carbocycles. The number of hydrogen-bond acceptors (Lipinski definition) is 5. The number of amides is 2. The molecule has 0 saturated heterocycles. The minimum absolute atomic E-state index is 0.0507. The van der Waals surface area contributed by atoms with Gasteiger partial charge in [-0.25, -0.2) is 8.42 Å². The van der Waals surface area contributed by atoms with E-state index in [0.717, 1.165) is 23.8 Å². The van der Waals surface area contributed by atoms with Gasteiger partial charge in [0.2, 0.25) is 21.8 Å². The lowest BCUT2D eigenvalue weighted by Crippen LogP contribution is -2.50. The number of nitrogens with zero attached hydrogens (tertiary/aromatic N) is 2. The summed E-state index contributed by atoms with van der Waals surface area (Å²) >= 11 is 6.25. The Balaban J connectivity index is 1.85. The van der Waals surface area contributed by atoms with Crippen molar-refractivity contribution in [3.63, 3.8) is 0 Å². The van der Waals surface area contributed by atoms with Crippen molar-refractivity contribution in [2.75, 3.05) is 30.8 Å². The van der Waals surface area contributed by atoms with E-state index in [1.54, 1.807) is 17.0 Å². The number of halogens is 1. The molecular formula is C31H38ClN3O5S. The predicted molar refractivity (Wildman–Crippen MR) is 164 cm³/mol. The summed E-state index contributed by atoms with van der Waals surface area (Å²) in [5.74, 6) is -0.0188. The lowest BCUT2D eigenvalue weighted by atomic mass is 10.0. The van der Waals surface area contributed by atoms with Crippen molar-refractivity contribution < 1.29 is 22.7 Å². The quantitative estimate of drug-likeness (QED) is 0.263. The summed E-state index contributed by atoms with van der Waals surface area (Å²) in [5.41, 5.74) is 2.22. The Morgan fingerprint density at radius 2 is 1.61 bits per heavy atom. The molecule has 0 heterocycles. The summed E-state index contributed by atoms with van der Waals surface area (Å²) in [4.78, 5) is 28.8. The molecule has 0 saturated carbocycles. The van der Waals surface area contributed by atoms with Crippen molar-refractivity contribution in [1.82, 2.24) is 10.2 Å². The van der Waals surface area contributed by atoms with Gasteiger partial charge in [0, 0.05) is 32.5 Å². The van der Waals surface area contributed by atoms with E-state index < -0.39 is 16.1 Å². The van der Waals surface area contributed by atoms with E-state index in [4.69, 9.17) is 16.3 Å². The monoisotopic (exact) mass is 599 g/mol. The van der Waals surface area contributed by atoms with E-state index >= 15 is 0 Å². The number of anilines is 1. The Hall–Kier alpha value is -3.56. The summed E-state index contributed by atoms with van der Waals surface area (Å²) < 4.78 is 31.7. The Bertz CT molecular complexity index is 1390. The van der Waals surface area contributed by atoms with Gasteiger partial charge in [-0.2, -0.15) is 0 Å². The molecular weight excluding hydrogens is 562 g/mol. The van der Waals surface area contributed by atoms with Gasteiger partial charge in [-0.3, -0.25) is 13.9 Å². The van der Waals surface area contributed by atoms with Crippen LogP contribution in [0.4, 0.5) is 5.69 Å². The zero-order valence-electron chi connectivity index (χ0n) is 23.8. The molecule has 1 unspecified atom stereocenters. The number of nitrogens with one attached hydrogen (secondary N) is 1. The van der Waals surface area contributed by atoms with Crippen LogP contribution in [-0.4, -0.2) is 57.6 Å². The van der Waals surface area contributed by atoms with Crippen LogP contribution < -0.4 is 14.4 Å². The third-order valence-corrected chi connectivity index (χ3v) is 8.08. The number of carbonyl (C=O) groups is 2. The molecule has 0 spiro atoms. The normalized spacial score (nSPS) is 11.9. The van der Waals surface area contributed by atoms with E-state index in [9.17, 15) is 18.0 Å². The van der Waals surface area contributed by atoms with E-state index in [0.29, 0.717) is 24.4 Å². The fourth-order valence-electron chi connectivity index (χ4n) is 4.51. The molecule has 0 aliphatic heterocycles. The largest absolute Gasteiger partial charge is 0.495 e. The number of benzene rings is 3. The van der Waals surface area contributed by atoms with Crippen LogP contribution in [0.2, 0.25) is 5.02 Å². The molecule has 1 N–H and O–H groups in total. The maximum atomic E-state index is 13.8. The summed E-state index contributed by atoms with van der Waals surface area (Å²) in [6, 6.07) is 23.1. The first kappa shape index (κ1) is 32.0. The molecule has 2 amide bonds. The Morgan fingerprint density at radius 3 is 2.17 bits per heavy atom. The van der Waals surface area contributed by atoms with Crippen LogP contribution >= 0.6 is 11.6 Å². The van der Waals surface area contributed by atoms with Crippen molar-refractivity contribution in [2.24, 2.45) is 0 Å². The number of ether oxygens (including phenoxy) is 1. The molecule has 220 valence electrons. The Kier molecular flexibility index (Phi) is 12.0. The van der Waals surface area contributed by atoms with Crippen LogP contribution in [-0.2, 0) is 32.6 Å². The maximum Gasteiger partial charge on any atom is 0.243 e. The van der Waals surface area contributed by atoms with Gasteiger partial charge in [0.25, 0.3) is 0 Å². The summed E-state index contributed by atoms with van der Waals surface area (Å²) in [7, 11) is -2.18. The van der Waals surface area contributed by atoms with Crippen LogP contribution in [0.5, 0.6) is 5.75 Å². The first-order chi connectivity index (χ1) is 19.6. The molecule has 0 bridgehead atoms. The number of hydrogen-bond donors (Lipinski definition) is 1. The van der Waals surface area contributed by atoms with E-state index in [-0.39, 0.29) is 42.8 Å². The average molecular weight is 600 g/mol. The molecule has 3 rings (SSSR count). The van der Waals surface area contributed by atoms with Gasteiger partial charge in [-0.1, -0.05) is 79.2 Å². The summed E-state index contributed by atoms with van der Waals surface area (Å²) in [5, 5.41) is 3.24. The molecule has 3 aromatic rings. The minimum atomic E-state index is -3.66. The summed E-state index contributed by atoms with van der Waals surface area (Å²) in [6.45, 7) is 2.80. The lowest BCUT2D eigenvalue weighted by molar-refractivity contribution is -0.141. The van der Waals surface area contributed by atoms with Gasteiger partial charge in [0.15, 0.2) is 0 Å². The van der Waals surface area contributed by atoms with E-state index in [1.807, 2.05) is 67.6 Å². The molecule has 8 nitrogen and oxygen atoms in total. The highest BCUT2D eigenvalue weighted by atomic mass is 35.5. The molecule has 0 radical (unpaired) electrons. The van der Waals surface area contributed by atoms with Crippen LogP contribution in [0.3, 0.4) is 0 Å². The molecule has 1 atom stereocenters. The van der Waals surface area contributed by atoms with Gasteiger partial charge in [-0.05, 0) is 42.2 Å². The molecule has 0 aliphatic rings. The lowest BCUT2D eigenvalue weighted by Gasteiger charge is -2.32. The zero-order chi connectivity index (χ0) is 29.8. The highest BCUT2D eigenvalue weighted by molar-refractivity contribution is 7.92. The van der Waals surface area contributed by atoms with Crippen molar-refractivity contribution in [1.29, 1.82) is 0 Å². The fourth-order valence-corrected chi connectivity index (χ4v) is 5.72. The minimum Gasteiger partial charge on any atom is -0.495 e. The van der Waals surface area contributed by atoms with Crippen LogP contribution in [0.15, 0.2) is 78.9 Å². The first-order valence-electron chi connectivity index (χ1n) is 13.6. The van der Waals surface area contributed by atoms with Crippen molar-refractivity contribution >= 4 is 39.1 Å². The number of sulfonamides is 1. The van der Waals surface area contributed by atoms with E-state index in [1.165, 1.54) is 17.5 Å². The van der Waals surface area contributed by atoms with Crippen molar-refractivity contribution in [3.05, 3.63) is 95.0 Å². The molecule has 41 heavy (non-hydrogen) atoms. The highest BCUT2D eigenvalue weighted by Gasteiger charge is 2.30. The number of methoxy groups -OCH3 is 1. The maximum absolute atomic E-state index is 13.8.